The van der Waals surface area contributed by atoms with E-state index < -0.39 is 0 Å². The van der Waals surface area contributed by atoms with Crippen LogP contribution in [0.3, 0.4) is 0 Å². The van der Waals surface area contributed by atoms with Gasteiger partial charge in [0.1, 0.15) is 0 Å². The first-order chi connectivity index (χ1) is 15.1. The molecule has 2 aromatic heterocycles. The molecule has 1 aromatic carbocycles. The summed E-state index contributed by atoms with van der Waals surface area (Å²) in [5.41, 5.74) is 5.29. The summed E-state index contributed by atoms with van der Waals surface area (Å²) in [5.74, 6) is 1.52. The molecule has 160 valence electrons. The minimum absolute atomic E-state index is 0.0220. The second kappa shape index (κ2) is 7.86. The summed E-state index contributed by atoms with van der Waals surface area (Å²) < 4.78 is 13.3. The zero-order valence-electron chi connectivity index (χ0n) is 17.4. The first kappa shape index (κ1) is 19.8. The maximum atomic E-state index is 9.69. The number of rotatable bonds is 5. The van der Waals surface area contributed by atoms with Gasteiger partial charge in [-0.25, -0.2) is 0 Å². The lowest BCUT2D eigenvalue weighted by molar-refractivity contribution is 0.174. The van der Waals surface area contributed by atoms with Crippen LogP contribution in [0.4, 0.5) is 0 Å². The lowest BCUT2D eigenvalue weighted by Gasteiger charge is -2.27. The molecule has 2 aliphatic heterocycles. The topological polar surface area (TPSA) is 71.8 Å². The predicted molar refractivity (Wildman–Crippen MR) is 121 cm³/mol. The smallest absolute Gasteiger partial charge is 0.231 e. The number of fused-ring (bicyclic) bond motifs is 1. The van der Waals surface area contributed by atoms with Gasteiger partial charge in [0.2, 0.25) is 6.79 Å². The number of nitrogens with one attached hydrogen (secondary N) is 1. The van der Waals surface area contributed by atoms with Crippen molar-refractivity contribution in [3.8, 4) is 17.2 Å². The number of aliphatic hydroxyl groups is 1. The molecule has 0 aliphatic carbocycles. The highest BCUT2D eigenvalue weighted by Crippen LogP contribution is 2.42. The van der Waals surface area contributed by atoms with Gasteiger partial charge in [-0.2, -0.15) is 0 Å². The number of thiocarbonyl (C=S) groups is 1. The summed E-state index contributed by atoms with van der Waals surface area (Å²) in [6.45, 7) is 4.93. The second-order valence-electron chi connectivity index (χ2n) is 7.74. The number of aryl methyl sites for hydroxylation is 1. The van der Waals surface area contributed by atoms with Crippen LogP contribution in [0.5, 0.6) is 11.5 Å². The zero-order chi connectivity index (χ0) is 21.5. The number of nitrogens with zero attached hydrogens (tertiary/aromatic N) is 3. The lowest BCUT2D eigenvalue weighted by Crippen LogP contribution is -2.32. The van der Waals surface area contributed by atoms with E-state index in [0.29, 0.717) is 11.7 Å². The Morgan fingerprint density at radius 3 is 2.77 bits per heavy atom. The second-order valence-corrected chi connectivity index (χ2v) is 8.13. The molecule has 7 nitrogen and oxygen atoms in total. The molecular weight excluding hydrogens is 412 g/mol. The van der Waals surface area contributed by atoms with Gasteiger partial charge >= 0.3 is 0 Å². The summed E-state index contributed by atoms with van der Waals surface area (Å²) in [6, 6.07) is 13.9. The Morgan fingerprint density at radius 1 is 1.16 bits per heavy atom. The van der Waals surface area contributed by atoms with Crippen molar-refractivity contribution in [1.82, 2.24) is 19.8 Å². The fourth-order valence-corrected chi connectivity index (χ4v) is 4.93. The largest absolute Gasteiger partial charge is 0.454 e. The standard InChI is InChI=1S/C23H24N4O3S/c1-14-11-17(15(2)27(14)16-6-7-19-20(12-16)30-13-29-19)22-21(18-5-3-4-8-24-18)25-23(31)26(22)9-10-28/h3-8,11-12,21-22,28H,9-10,13H2,1-2H3,(H,25,31)/t21-,22-/m0/s1. The van der Waals surface area contributed by atoms with Crippen molar-refractivity contribution in [2.75, 3.05) is 19.9 Å². The number of benzene rings is 1. The van der Waals surface area contributed by atoms with Gasteiger partial charge in [0.05, 0.1) is 24.4 Å². The SMILES string of the molecule is Cc1cc([C@H]2[C@H](c3ccccn3)NC(=S)N2CCO)c(C)n1-c1ccc2c(c1)OCO2. The van der Waals surface area contributed by atoms with Gasteiger partial charge in [-0.3, -0.25) is 4.98 Å². The van der Waals surface area contributed by atoms with Gasteiger partial charge in [-0.05, 0) is 62.0 Å². The van der Waals surface area contributed by atoms with Gasteiger partial charge in [0.25, 0.3) is 0 Å². The zero-order valence-corrected chi connectivity index (χ0v) is 18.2. The predicted octanol–water partition coefficient (Wildman–Crippen LogP) is 3.18. The third-order valence-electron chi connectivity index (χ3n) is 5.94. The van der Waals surface area contributed by atoms with Crippen molar-refractivity contribution >= 4 is 17.3 Å². The van der Waals surface area contributed by atoms with E-state index in [9.17, 15) is 5.11 Å². The first-order valence-corrected chi connectivity index (χ1v) is 10.7. The normalized spacial score (nSPS) is 19.7. The Balaban J connectivity index is 1.60. The maximum Gasteiger partial charge on any atom is 0.231 e. The number of ether oxygens (including phenoxy) is 2. The van der Waals surface area contributed by atoms with Crippen LogP contribution in [0.15, 0.2) is 48.7 Å². The average Bonchev–Trinajstić information content (AvgIpc) is 3.45. The maximum absolute atomic E-state index is 9.69. The molecule has 0 spiro atoms. The fraction of sp³-hybridized carbons (Fsp3) is 0.304. The summed E-state index contributed by atoms with van der Waals surface area (Å²) in [5, 5.41) is 13.7. The highest BCUT2D eigenvalue weighted by atomic mass is 32.1. The van der Waals surface area contributed by atoms with Crippen molar-refractivity contribution in [1.29, 1.82) is 0 Å². The monoisotopic (exact) mass is 436 g/mol. The Labute approximate surface area is 186 Å². The highest BCUT2D eigenvalue weighted by Gasteiger charge is 2.41. The molecule has 3 aromatic rings. The molecule has 1 fully saturated rings. The van der Waals surface area contributed by atoms with E-state index in [-0.39, 0.29) is 25.5 Å². The van der Waals surface area contributed by atoms with Gasteiger partial charge < -0.3 is 29.4 Å². The molecule has 0 radical (unpaired) electrons. The van der Waals surface area contributed by atoms with E-state index in [1.54, 1.807) is 6.20 Å². The number of β-amino-alcohol motifs (C(OH)–C–C–N with tert-alkyl or cyclic N) is 1. The van der Waals surface area contributed by atoms with E-state index in [1.807, 2.05) is 36.4 Å². The van der Waals surface area contributed by atoms with Crippen LogP contribution >= 0.6 is 12.2 Å². The Morgan fingerprint density at radius 2 is 2.00 bits per heavy atom. The Bertz CT molecular complexity index is 1130. The Hall–Kier alpha value is -3.10. The van der Waals surface area contributed by atoms with Crippen molar-refractivity contribution < 1.29 is 14.6 Å². The van der Waals surface area contributed by atoms with Crippen LogP contribution in [-0.4, -0.2) is 44.6 Å². The van der Waals surface area contributed by atoms with Gasteiger partial charge in [-0.1, -0.05) is 6.07 Å². The minimum atomic E-state index is -0.106. The van der Waals surface area contributed by atoms with Crippen molar-refractivity contribution in [2.45, 2.75) is 25.9 Å². The van der Waals surface area contributed by atoms with Gasteiger partial charge in [0, 0.05) is 35.9 Å². The van der Waals surface area contributed by atoms with Crippen molar-refractivity contribution in [3.63, 3.8) is 0 Å². The molecule has 31 heavy (non-hydrogen) atoms. The van der Waals surface area contributed by atoms with Crippen LogP contribution in [0, 0.1) is 13.8 Å². The number of pyridine rings is 1. The summed E-state index contributed by atoms with van der Waals surface area (Å²) in [7, 11) is 0. The number of hydrogen-bond donors (Lipinski definition) is 2. The van der Waals surface area contributed by atoms with Crippen LogP contribution in [-0.2, 0) is 0 Å². The minimum Gasteiger partial charge on any atom is -0.454 e. The average molecular weight is 437 g/mol. The van der Waals surface area contributed by atoms with Crippen LogP contribution in [0.1, 0.15) is 34.7 Å². The van der Waals surface area contributed by atoms with Gasteiger partial charge in [0.15, 0.2) is 16.6 Å². The summed E-state index contributed by atoms with van der Waals surface area (Å²) in [4.78, 5) is 6.63. The lowest BCUT2D eigenvalue weighted by atomic mass is 9.97. The van der Waals surface area contributed by atoms with Crippen molar-refractivity contribution in [3.05, 3.63) is 71.3 Å². The van der Waals surface area contributed by atoms with E-state index in [4.69, 9.17) is 21.7 Å². The number of aromatic nitrogens is 2. The third kappa shape index (κ3) is 3.32. The molecule has 0 amide bonds. The summed E-state index contributed by atoms with van der Waals surface area (Å²) >= 11 is 5.63. The molecule has 2 N–H and O–H groups in total. The molecule has 0 unspecified atom stereocenters. The number of aliphatic hydroxyl groups excluding tert-OH is 1. The highest BCUT2D eigenvalue weighted by molar-refractivity contribution is 7.80. The molecule has 1 saturated heterocycles. The quantitative estimate of drug-likeness (QED) is 0.595. The van der Waals surface area contributed by atoms with E-state index in [1.165, 1.54) is 0 Å². The van der Waals surface area contributed by atoms with Crippen LogP contribution in [0.2, 0.25) is 0 Å². The molecule has 0 saturated carbocycles. The van der Waals surface area contributed by atoms with Crippen LogP contribution < -0.4 is 14.8 Å². The molecule has 8 heteroatoms. The first-order valence-electron chi connectivity index (χ1n) is 10.3. The molecule has 5 rings (SSSR count). The number of hydrogen-bond acceptors (Lipinski definition) is 5. The van der Waals surface area contributed by atoms with E-state index >= 15 is 0 Å². The summed E-state index contributed by atoms with van der Waals surface area (Å²) in [6.07, 6.45) is 1.79. The molecule has 2 atom stereocenters. The van der Waals surface area contributed by atoms with E-state index in [2.05, 4.69) is 39.7 Å². The Kier molecular flexibility index (Phi) is 5.03. The fourth-order valence-electron chi connectivity index (χ4n) is 4.60. The van der Waals surface area contributed by atoms with Gasteiger partial charge in [-0.15, -0.1) is 0 Å². The molecule has 4 heterocycles. The van der Waals surface area contributed by atoms with Crippen molar-refractivity contribution in [2.24, 2.45) is 0 Å². The molecule has 0 bridgehead atoms. The molecule has 2 aliphatic rings. The van der Waals surface area contributed by atoms with Crippen LogP contribution in [0.25, 0.3) is 5.69 Å². The third-order valence-corrected chi connectivity index (χ3v) is 6.29. The molecular formula is C23H24N4O3S. The van der Waals surface area contributed by atoms with E-state index in [0.717, 1.165) is 39.8 Å².